The van der Waals surface area contributed by atoms with E-state index in [1.807, 2.05) is 48.5 Å². The van der Waals surface area contributed by atoms with Crippen LogP contribution in [0.4, 0.5) is 22.7 Å². The van der Waals surface area contributed by atoms with Gasteiger partial charge in [-0.15, -0.1) is 0 Å². The first-order valence-electron chi connectivity index (χ1n) is 24.7. The van der Waals surface area contributed by atoms with Crippen LogP contribution in [-0.2, 0) is 14.3 Å². The van der Waals surface area contributed by atoms with Crippen LogP contribution in [0.1, 0.15) is 142 Å². The van der Waals surface area contributed by atoms with Crippen LogP contribution in [0, 0.1) is 0 Å². The lowest BCUT2D eigenvalue weighted by atomic mass is 10.1. The summed E-state index contributed by atoms with van der Waals surface area (Å²) in [5.41, 5.74) is 2.70. The number of rotatable bonds is 31. The van der Waals surface area contributed by atoms with Gasteiger partial charge in [-0.3, -0.25) is 0 Å². The lowest BCUT2D eigenvalue weighted by Crippen LogP contribution is -2.15. The van der Waals surface area contributed by atoms with Crippen LogP contribution in [0.15, 0.2) is 148 Å². The number of carbonyl (C=O) groups excluding carboxylic acids is 4. The Labute approximate surface area is 417 Å². The van der Waals surface area contributed by atoms with Crippen LogP contribution in [0.25, 0.3) is 0 Å². The molecule has 0 fully saturated rings. The van der Waals surface area contributed by atoms with E-state index in [2.05, 4.69) is 40.9 Å². The largest absolute Gasteiger partial charge is 0.494 e. The van der Waals surface area contributed by atoms with Gasteiger partial charge in [-0.05, 0) is 129 Å². The molecule has 5 aromatic carbocycles. The van der Waals surface area contributed by atoms with Crippen LogP contribution < -0.4 is 18.9 Å². The van der Waals surface area contributed by atoms with Crippen molar-refractivity contribution in [3.8, 4) is 23.0 Å². The van der Waals surface area contributed by atoms with Crippen molar-refractivity contribution in [2.75, 3.05) is 26.4 Å². The van der Waals surface area contributed by atoms with Gasteiger partial charge in [-0.2, -0.15) is 20.5 Å². The highest BCUT2D eigenvalue weighted by Crippen LogP contribution is 2.28. The number of unbranched alkanes of at least 4 members (excludes halogenated alkanes) is 12. The van der Waals surface area contributed by atoms with Crippen molar-refractivity contribution in [3.63, 3.8) is 0 Å². The van der Waals surface area contributed by atoms with Gasteiger partial charge < -0.3 is 28.4 Å². The van der Waals surface area contributed by atoms with E-state index in [0.717, 1.165) is 37.2 Å². The Bertz CT molecular complexity index is 2360. The molecule has 14 nitrogen and oxygen atoms in total. The molecule has 0 saturated heterocycles. The van der Waals surface area contributed by atoms with E-state index in [1.165, 1.54) is 114 Å². The molecule has 0 aliphatic rings. The van der Waals surface area contributed by atoms with E-state index in [-0.39, 0.29) is 47.0 Å². The van der Waals surface area contributed by atoms with E-state index in [1.54, 1.807) is 24.3 Å². The number of azo groups is 2. The summed E-state index contributed by atoms with van der Waals surface area (Å²) in [5, 5.41) is 17.2. The van der Waals surface area contributed by atoms with Gasteiger partial charge in [0.05, 0.1) is 52.7 Å². The van der Waals surface area contributed by atoms with Crippen LogP contribution in [0.2, 0.25) is 0 Å². The molecule has 5 rings (SSSR count). The first-order valence-corrected chi connectivity index (χ1v) is 24.7. The Morgan fingerprint density at radius 2 is 0.746 bits per heavy atom. The van der Waals surface area contributed by atoms with Gasteiger partial charge in [0.2, 0.25) is 0 Å². The summed E-state index contributed by atoms with van der Waals surface area (Å²) in [6.07, 6.45) is 17.1. The monoisotopic (exact) mass is 966 g/mol. The Morgan fingerprint density at radius 1 is 0.394 bits per heavy atom. The second-order valence-corrected chi connectivity index (χ2v) is 16.9. The zero-order chi connectivity index (χ0) is 50.5. The zero-order valence-electron chi connectivity index (χ0n) is 41.3. The quantitative estimate of drug-likeness (QED) is 0.0137. The molecule has 0 atom stereocenters. The summed E-state index contributed by atoms with van der Waals surface area (Å²) >= 11 is 0. The van der Waals surface area contributed by atoms with Crippen LogP contribution in [0.5, 0.6) is 23.0 Å². The maximum atomic E-state index is 13.4. The van der Waals surface area contributed by atoms with Crippen molar-refractivity contribution in [3.05, 3.63) is 144 Å². The van der Waals surface area contributed by atoms with Crippen LogP contribution in [0.3, 0.4) is 0 Å². The Kier molecular flexibility index (Phi) is 23.7. The van der Waals surface area contributed by atoms with Crippen LogP contribution >= 0.6 is 0 Å². The molecule has 0 unspecified atom stereocenters. The number of benzene rings is 5. The number of hydrogen-bond donors (Lipinski definition) is 0. The predicted molar refractivity (Wildman–Crippen MR) is 274 cm³/mol. The van der Waals surface area contributed by atoms with E-state index >= 15 is 0 Å². The normalized spacial score (nSPS) is 11.1. The maximum absolute atomic E-state index is 13.4. The number of carbonyl (C=O) groups is 4. The topological polar surface area (TPSA) is 173 Å². The molecule has 0 spiro atoms. The molecular weight excluding hydrogens is 901 g/mol. The lowest BCUT2D eigenvalue weighted by molar-refractivity contribution is -0.140. The van der Waals surface area contributed by atoms with Crippen LogP contribution in [-0.4, -0.2) is 50.3 Å². The highest BCUT2D eigenvalue weighted by molar-refractivity contribution is 5.95. The SMILES string of the molecule is C=C(C)C(=O)OCCOC(=O)c1cc(OC(=O)c2ccc(N=Nc3ccc(OCCCCCCCCC)cc3)cc2)cc(OC(=O)c2ccc(N=Nc3ccc(OCCCCCCCCC)cc3)cc2)c1. The van der Waals surface area contributed by atoms with Gasteiger partial charge in [0, 0.05) is 11.6 Å². The Hall–Kier alpha value is -7.48. The molecule has 5 aromatic rings. The second kappa shape index (κ2) is 30.9. The number of ether oxygens (including phenoxy) is 6. The molecule has 14 heteroatoms. The highest BCUT2D eigenvalue weighted by atomic mass is 16.6. The summed E-state index contributed by atoms with van der Waals surface area (Å²) in [6, 6.07) is 31.1. The average Bonchev–Trinajstić information content (AvgIpc) is 3.38. The van der Waals surface area contributed by atoms with Crippen molar-refractivity contribution in [2.24, 2.45) is 20.5 Å². The van der Waals surface area contributed by atoms with Gasteiger partial charge >= 0.3 is 23.9 Å². The Morgan fingerprint density at radius 3 is 1.13 bits per heavy atom. The van der Waals surface area contributed by atoms with Gasteiger partial charge in [0.15, 0.2) is 0 Å². The number of hydrogen-bond acceptors (Lipinski definition) is 14. The van der Waals surface area contributed by atoms with Gasteiger partial charge in [0.25, 0.3) is 0 Å². The van der Waals surface area contributed by atoms with Crippen molar-refractivity contribution in [1.82, 2.24) is 0 Å². The summed E-state index contributed by atoms with van der Waals surface area (Å²) in [7, 11) is 0. The summed E-state index contributed by atoms with van der Waals surface area (Å²) in [5.74, 6) is -1.68. The predicted octanol–water partition coefficient (Wildman–Crippen LogP) is 15.5. The van der Waals surface area contributed by atoms with Crippen molar-refractivity contribution in [1.29, 1.82) is 0 Å². The third kappa shape index (κ3) is 20.6. The molecule has 0 radical (unpaired) electrons. The lowest BCUT2D eigenvalue weighted by Gasteiger charge is -2.11. The molecule has 0 N–H and O–H groups in total. The van der Waals surface area contributed by atoms with E-state index in [0.29, 0.717) is 36.0 Å². The molecule has 0 amide bonds. The Balaban J connectivity index is 1.16. The first kappa shape index (κ1) is 54.5. The molecule has 71 heavy (non-hydrogen) atoms. The fraction of sp³-hybridized carbons (Fsp3) is 0.368. The van der Waals surface area contributed by atoms with Gasteiger partial charge in [0.1, 0.15) is 36.2 Å². The minimum atomic E-state index is -0.854. The summed E-state index contributed by atoms with van der Waals surface area (Å²) < 4.78 is 33.4. The standard InChI is InChI=1S/C57H66N4O10/c1-5-7-9-11-13-15-17-35-66-50-31-27-48(28-32-50)60-58-46-23-19-43(20-24-46)56(64)70-52-39-45(55(63)69-38-37-68-54(62)42(3)4)40-53(41-52)71-57(65)44-21-25-47(26-22-44)59-61-49-29-33-51(34-30-49)67-36-18-16-14-12-10-8-6-2/h19-34,39-41H,3,5-18,35-38H2,1-2,4H3. The van der Waals surface area contributed by atoms with Crippen molar-refractivity contribution < 1.29 is 47.6 Å². The molecule has 0 aliphatic carbocycles. The molecule has 0 heterocycles. The fourth-order valence-corrected chi connectivity index (χ4v) is 6.89. The molecule has 0 aromatic heterocycles. The third-order valence-corrected chi connectivity index (χ3v) is 10.9. The van der Waals surface area contributed by atoms with Crippen molar-refractivity contribution >= 4 is 46.6 Å². The second-order valence-electron chi connectivity index (χ2n) is 16.9. The molecular formula is C57H66N4O10. The van der Waals surface area contributed by atoms with E-state index in [9.17, 15) is 19.2 Å². The van der Waals surface area contributed by atoms with Gasteiger partial charge in [-0.1, -0.05) is 97.5 Å². The molecule has 374 valence electrons. The number of nitrogens with zero attached hydrogens (tertiary/aromatic N) is 4. The summed E-state index contributed by atoms with van der Waals surface area (Å²) in [4.78, 5) is 51.6. The molecule has 0 bridgehead atoms. The summed E-state index contributed by atoms with van der Waals surface area (Å²) in [6.45, 7) is 10.3. The smallest absolute Gasteiger partial charge is 0.343 e. The average molecular weight is 967 g/mol. The maximum Gasteiger partial charge on any atom is 0.343 e. The molecule has 0 saturated carbocycles. The molecule has 0 aliphatic heterocycles. The number of esters is 4. The van der Waals surface area contributed by atoms with Gasteiger partial charge in [-0.25, -0.2) is 19.2 Å². The highest BCUT2D eigenvalue weighted by Gasteiger charge is 2.18. The zero-order valence-corrected chi connectivity index (χ0v) is 41.3. The minimum Gasteiger partial charge on any atom is -0.494 e. The first-order chi connectivity index (χ1) is 34.6. The fourth-order valence-electron chi connectivity index (χ4n) is 6.89. The third-order valence-electron chi connectivity index (χ3n) is 10.9. The van der Waals surface area contributed by atoms with Crippen molar-refractivity contribution in [2.45, 2.75) is 111 Å². The minimum absolute atomic E-state index is 0.101. The van der Waals surface area contributed by atoms with E-state index < -0.39 is 23.9 Å². The van der Waals surface area contributed by atoms with E-state index in [4.69, 9.17) is 28.4 Å².